The first-order chi connectivity index (χ1) is 7.61. The van der Waals surface area contributed by atoms with E-state index in [4.69, 9.17) is 4.74 Å². The number of rotatable bonds is 6. The molecule has 0 radical (unpaired) electrons. The maximum absolute atomic E-state index is 9.24. The molecular weight excluding hydrogens is 202 g/mol. The number of nitrogens with zero attached hydrogens (tertiary/aromatic N) is 1. The molecule has 0 aliphatic carbocycles. The summed E-state index contributed by atoms with van der Waals surface area (Å²) in [4.78, 5) is 2.13. The second-order valence-electron chi connectivity index (χ2n) is 4.21. The van der Waals surface area contributed by atoms with E-state index in [1.165, 1.54) is 5.56 Å². The molecule has 3 nitrogen and oxygen atoms in total. The molecule has 0 heterocycles. The van der Waals surface area contributed by atoms with Crippen LogP contribution in [-0.2, 0) is 6.42 Å². The van der Waals surface area contributed by atoms with Crippen molar-refractivity contribution in [2.45, 2.75) is 19.4 Å². The van der Waals surface area contributed by atoms with Crippen molar-refractivity contribution in [1.29, 1.82) is 0 Å². The summed E-state index contributed by atoms with van der Waals surface area (Å²) in [5.74, 6) is 0.899. The number of ether oxygens (including phenoxy) is 1. The SMILES string of the molecule is COc1cccc(CCN(C)CC(C)O)c1. The highest BCUT2D eigenvalue weighted by Gasteiger charge is 2.03. The Labute approximate surface area is 97.7 Å². The van der Waals surface area contributed by atoms with Gasteiger partial charge in [-0.1, -0.05) is 12.1 Å². The van der Waals surface area contributed by atoms with Crippen molar-refractivity contribution >= 4 is 0 Å². The highest BCUT2D eigenvalue weighted by molar-refractivity contribution is 5.28. The fourth-order valence-electron chi connectivity index (χ4n) is 1.69. The van der Waals surface area contributed by atoms with Crippen molar-refractivity contribution in [3.8, 4) is 5.75 Å². The smallest absolute Gasteiger partial charge is 0.119 e. The molecule has 0 fully saturated rings. The van der Waals surface area contributed by atoms with Gasteiger partial charge in [0.05, 0.1) is 13.2 Å². The number of benzene rings is 1. The number of aliphatic hydroxyl groups is 1. The van der Waals surface area contributed by atoms with Crippen LogP contribution in [0.15, 0.2) is 24.3 Å². The molecule has 0 spiro atoms. The fourth-order valence-corrected chi connectivity index (χ4v) is 1.69. The van der Waals surface area contributed by atoms with Crippen LogP contribution in [0.5, 0.6) is 5.75 Å². The Balaban J connectivity index is 2.41. The lowest BCUT2D eigenvalue weighted by Crippen LogP contribution is -2.29. The van der Waals surface area contributed by atoms with Crippen LogP contribution in [0.2, 0.25) is 0 Å². The average molecular weight is 223 g/mol. The summed E-state index contributed by atoms with van der Waals surface area (Å²) in [7, 11) is 3.70. The fraction of sp³-hybridized carbons (Fsp3) is 0.538. The molecule has 16 heavy (non-hydrogen) atoms. The Bertz CT molecular complexity index is 313. The van der Waals surface area contributed by atoms with Gasteiger partial charge >= 0.3 is 0 Å². The molecule has 0 aliphatic rings. The molecule has 0 aromatic heterocycles. The zero-order valence-corrected chi connectivity index (χ0v) is 10.3. The van der Waals surface area contributed by atoms with Crippen LogP contribution in [0.4, 0.5) is 0 Å². The third-order valence-electron chi connectivity index (χ3n) is 2.49. The van der Waals surface area contributed by atoms with E-state index in [0.29, 0.717) is 6.54 Å². The van der Waals surface area contributed by atoms with Gasteiger partial charge in [-0.15, -0.1) is 0 Å². The second kappa shape index (κ2) is 6.51. The Morgan fingerprint density at radius 3 is 2.81 bits per heavy atom. The Kier molecular flexibility index (Phi) is 5.29. The van der Waals surface area contributed by atoms with Gasteiger partial charge in [-0.2, -0.15) is 0 Å². The van der Waals surface area contributed by atoms with Crippen LogP contribution >= 0.6 is 0 Å². The molecule has 1 rings (SSSR count). The molecule has 0 amide bonds. The van der Waals surface area contributed by atoms with Crippen LogP contribution < -0.4 is 4.74 Å². The normalized spacial score (nSPS) is 12.8. The zero-order chi connectivity index (χ0) is 12.0. The van der Waals surface area contributed by atoms with Gasteiger partial charge in [0.2, 0.25) is 0 Å². The van der Waals surface area contributed by atoms with E-state index in [0.717, 1.165) is 18.7 Å². The van der Waals surface area contributed by atoms with E-state index < -0.39 is 0 Å². The lowest BCUT2D eigenvalue weighted by molar-refractivity contribution is 0.142. The Morgan fingerprint density at radius 2 is 2.19 bits per heavy atom. The maximum atomic E-state index is 9.24. The van der Waals surface area contributed by atoms with Crippen LogP contribution in [0.25, 0.3) is 0 Å². The van der Waals surface area contributed by atoms with Crippen molar-refractivity contribution in [3.63, 3.8) is 0 Å². The molecule has 3 heteroatoms. The van der Waals surface area contributed by atoms with E-state index in [1.807, 2.05) is 26.1 Å². The van der Waals surface area contributed by atoms with Crippen LogP contribution in [-0.4, -0.2) is 43.4 Å². The van der Waals surface area contributed by atoms with Gasteiger partial charge < -0.3 is 14.7 Å². The van der Waals surface area contributed by atoms with Gasteiger partial charge in [0.25, 0.3) is 0 Å². The minimum atomic E-state index is -0.268. The molecule has 1 aromatic carbocycles. The minimum Gasteiger partial charge on any atom is -0.497 e. The van der Waals surface area contributed by atoms with Crippen molar-refractivity contribution in [1.82, 2.24) is 4.90 Å². The highest BCUT2D eigenvalue weighted by Crippen LogP contribution is 2.13. The van der Waals surface area contributed by atoms with E-state index in [-0.39, 0.29) is 6.10 Å². The van der Waals surface area contributed by atoms with E-state index >= 15 is 0 Å². The quantitative estimate of drug-likeness (QED) is 0.794. The lowest BCUT2D eigenvalue weighted by Gasteiger charge is -2.18. The van der Waals surface area contributed by atoms with E-state index in [2.05, 4.69) is 17.0 Å². The Hall–Kier alpha value is -1.06. The predicted octanol–water partition coefficient (Wildman–Crippen LogP) is 1.55. The summed E-state index contributed by atoms with van der Waals surface area (Å²) >= 11 is 0. The third-order valence-corrected chi connectivity index (χ3v) is 2.49. The first-order valence-corrected chi connectivity index (χ1v) is 5.61. The first kappa shape index (κ1) is 13.0. The predicted molar refractivity (Wildman–Crippen MR) is 65.9 cm³/mol. The molecule has 1 unspecified atom stereocenters. The molecule has 1 atom stereocenters. The number of likely N-dealkylation sites (N-methyl/N-ethyl adjacent to an activating group) is 1. The molecule has 0 saturated carbocycles. The molecular formula is C13H21NO2. The molecule has 0 aliphatic heterocycles. The topological polar surface area (TPSA) is 32.7 Å². The molecule has 1 aromatic rings. The monoisotopic (exact) mass is 223 g/mol. The molecule has 1 N–H and O–H groups in total. The van der Waals surface area contributed by atoms with Crippen molar-refractivity contribution < 1.29 is 9.84 Å². The van der Waals surface area contributed by atoms with Crippen molar-refractivity contribution in [2.24, 2.45) is 0 Å². The van der Waals surface area contributed by atoms with Gasteiger partial charge in [0, 0.05) is 13.1 Å². The maximum Gasteiger partial charge on any atom is 0.119 e. The summed E-state index contributed by atoms with van der Waals surface area (Å²) in [6.07, 6.45) is 0.704. The summed E-state index contributed by atoms with van der Waals surface area (Å²) in [6.45, 7) is 3.46. The van der Waals surface area contributed by atoms with E-state index in [9.17, 15) is 5.11 Å². The average Bonchev–Trinajstić information content (AvgIpc) is 2.26. The summed E-state index contributed by atoms with van der Waals surface area (Å²) in [6, 6.07) is 8.10. The van der Waals surface area contributed by atoms with Crippen LogP contribution in [0.3, 0.4) is 0 Å². The number of aliphatic hydroxyl groups excluding tert-OH is 1. The van der Waals surface area contributed by atoms with Crippen LogP contribution in [0.1, 0.15) is 12.5 Å². The van der Waals surface area contributed by atoms with Crippen LogP contribution in [0, 0.1) is 0 Å². The lowest BCUT2D eigenvalue weighted by atomic mass is 10.1. The molecule has 0 bridgehead atoms. The summed E-state index contributed by atoms with van der Waals surface area (Å²) < 4.78 is 5.17. The largest absolute Gasteiger partial charge is 0.497 e. The van der Waals surface area contributed by atoms with Gasteiger partial charge in [-0.3, -0.25) is 0 Å². The van der Waals surface area contributed by atoms with E-state index in [1.54, 1.807) is 7.11 Å². The summed E-state index contributed by atoms with van der Waals surface area (Å²) in [5.41, 5.74) is 1.26. The first-order valence-electron chi connectivity index (χ1n) is 5.61. The Morgan fingerprint density at radius 1 is 1.44 bits per heavy atom. The standard InChI is InChI=1S/C13H21NO2/c1-11(15)10-14(2)8-7-12-5-4-6-13(9-12)16-3/h4-6,9,11,15H,7-8,10H2,1-3H3. The highest BCUT2D eigenvalue weighted by atomic mass is 16.5. The number of hydrogen-bond donors (Lipinski definition) is 1. The minimum absolute atomic E-state index is 0.268. The van der Waals surface area contributed by atoms with Gasteiger partial charge in [-0.25, -0.2) is 0 Å². The van der Waals surface area contributed by atoms with Crippen molar-refractivity contribution in [3.05, 3.63) is 29.8 Å². The zero-order valence-electron chi connectivity index (χ0n) is 10.3. The van der Waals surface area contributed by atoms with Gasteiger partial charge in [0.15, 0.2) is 0 Å². The second-order valence-corrected chi connectivity index (χ2v) is 4.21. The number of methoxy groups -OCH3 is 1. The molecule has 90 valence electrons. The van der Waals surface area contributed by atoms with Gasteiger partial charge in [-0.05, 0) is 38.1 Å². The van der Waals surface area contributed by atoms with Crippen molar-refractivity contribution in [2.75, 3.05) is 27.2 Å². The number of hydrogen-bond acceptors (Lipinski definition) is 3. The van der Waals surface area contributed by atoms with Gasteiger partial charge in [0.1, 0.15) is 5.75 Å². The summed E-state index contributed by atoms with van der Waals surface area (Å²) in [5, 5.41) is 9.24. The molecule has 0 saturated heterocycles. The third kappa shape index (κ3) is 4.64.